The van der Waals surface area contributed by atoms with E-state index in [4.69, 9.17) is 0 Å². The third-order valence-electron chi connectivity index (χ3n) is 3.64. The molecule has 0 radical (unpaired) electrons. The predicted octanol–water partition coefficient (Wildman–Crippen LogP) is 4.77. The van der Waals surface area contributed by atoms with E-state index < -0.39 is 0 Å². The number of halogens is 1. The highest BCUT2D eigenvalue weighted by Gasteiger charge is 2.20. The number of allylic oxidation sites excluding steroid dienone is 1. The zero-order valence-corrected chi connectivity index (χ0v) is 16.7. The zero-order chi connectivity index (χ0) is 18.0. The predicted molar refractivity (Wildman–Crippen MR) is 108 cm³/mol. The van der Waals surface area contributed by atoms with Gasteiger partial charge in [0.25, 0.3) is 5.56 Å². The van der Waals surface area contributed by atoms with Crippen molar-refractivity contribution >= 4 is 55.0 Å². The number of thiophene rings is 1. The molecule has 4 nitrogen and oxygen atoms in total. The summed E-state index contributed by atoms with van der Waals surface area (Å²) < 4.78 is 2.49. The van der Waals surface area contributed by atoms with E-state index in [0.717, 1.165) is 4.47 Å². The fourth-order valence-corrected chi connectivity index (χ4v) is 4.44. The van der Waals surface area contributed by atoms with E-state index in [1.54, 1.807) is 28.8 Å². The van der Waals surface area contributed by atoms with Gasteiger partial charge in [-0.3, -0.25) is 14.2 Å². The lowest BCUT2D eigenvalue weighted by atomic mass is 10.1. The first-order chi connectivity index (χ1) is 12.0. The third-order valence-corrected chi connectivity index (χ3v) is 6.07. The summed E-state index contributed by atoms with van der Waals surface area (Å²) in [6.07, 6.45) is 1.66. The second-order valence-electron chi connectivity index (χ2n) is 5.37. The Kier molecular flexibility index (Phi) is 5.56. The lowest BCUT2D eigenvalue weighted by Crippen LogP contribution is -2.24. The van der Waals surface area contributed by atoms with Crippen molar-refractivity contribution in [1.29, 1.82) is 0 Å². The largest absolute Gasteiger partial charge is 0.293 e. The van der Waals surface area contributed by atoms with Gasteiger partial charge in [0.15, 0.2) is 10.9 Å². The summed E-state index contributed by atoms with van der Waals surface area (Å²) in [7, 11) is 0. The summed E-state index contributed by atoms with van der Waals surface area (Å²) in [6, 6.07) is 9.04. The van der Waals surface area contributed by atoms with E-state index in [0.29, 0.717) is 27.5 Å². The first-order valence-electron chi connectivity index (χ1n) is 7.56. The van der Waals surface area contributed by atoms with Gasteiger partial charge in [-0.1, -0.05) is 45.9 Å². The number of benzene rings is 1. The minimum absolute atomic E-state index is 0.00294. The van der Waals surface area contributed by atoms with Crippen molar-refractivity contribution in [1.82, 2.24) is 9.55 Å². The van der Waals surface area contributed by atoms with Gasteiger partial charge < -0.3 is 0 Å². The second-order valence-corrected chi connectivity index (χ2v) is 8.49. The average molecular weight is 435 g/mol. The molecular weight excluding hydrogens is 420 g/mol. The number of nitrogens with zero attached hydrogens (tertiary/aromatic N) is 2. The third kappa shape index (κ3) is 3.78. The smallest absolute Gasteiger partial charge is 0.263 e. The van der Waals surface area contributed by atoms with Crippen LogP contribution in [-0.2, 0) is 6.54 Å². The molecule has 0 bridgehead atoms. The minimum Gasteiger partial charge on any atom is -0.293 e. The maximum atomic E-state index is 12.7. The molecule has 0 N–H and O–H groups in total. The number of Topliss-reactive ketones (excluding diaryl/α,β-unsaturated/α-hetero) is 1. The van der Waals surface area contributed by atoms with E-state index >= 15 is 0 Å². The molecule has 3 aromatic rings. The fourth-order valence-electron chi connectivity index (χ4n) is 2.37. The monoisotopic (exact) mass is 434 g/mol. The number of rotatable bonds is 6. The highest BCUT2D eigenvalue weighted by molar-refractivity contribution is 9.10. The van der Waals surface area contributed by atoms with Gasteiger partial charge in [0.05, 0.1) is 10.6 Å². The summed E-state index contributed by atoms with van der Waals surface area (Å²) in [4.78, 5) is 30.6. The van der Waals surface area contributed by atoms with Gasteiger partial charge >= 0.3 is 0 Å². The van der Waals surface area contributed by atoms with Crippen LogP contribution < -0.4 is 5.56 Å². The molecule has 1 atom stereocenters. The Morgan fingerprint density at radius 3 is 2.80 bits per heavy atom. The molecule has 0 aliphatic heterocycles. The van der Waals surface area contributed by atoms with Crippen molar-refractivity contribution in [3.63, 3.8) is 0 Å². The van der Waals surface area contributed by atoms with Gasteiger partial charge in [-0.05, 0) is 30.5 Å². The van der Waals surface area contributed by atoms with Crippen LogP contribution >= 0.6 is 39.0 Å². The van der Waals surface area contributed by atoms with Gasteiger partial charge in [0.2, 0.25) is 0 Å². The highest BCUT2D eigenvalue weighted by atomic mass is 79.9. The number of carbonyl (C=O) groups excluding carboxylic acids is 1. The highest BCUT2D eigenvalue weighted by Crippen LogP contribution is 2.26. The quantitative estimate of drug-likeness (QED) is 0.242. The molecule has 128 valence electrons. The molecule has 0 fully saturated rings. The van der Waals surface area contributed by atoms with E-state index in [1.165, 1.54) is 23.1 Å². The van der Waals surface area contributed by atoms with E-state index in [2.05, 4.69) is 27.5 Å². The number of thioether (sulfide) groups is 1. The summed E-state index contributed by atoms with van der Waals surface area (Å²) in [5.74, 6) is 0.00294. The molecule has 1 aromatic carbocycles. The number of fused-ring (bicyclic) bond motifs is 1. The van der Waals surface area contributed by atoms with Gasteiger partial charge in [-0.15, -0.1) is 17.9 Å². The first-order valence-corrected chi connectivity index (χ1v) is 10.1. The van der Waals surface area contributed by atoms with Crippen LogP contribution in [0.3, 0.4) is 0 Å². The standard InChI is InChI=1S/C18H15BrN2O2S2/c1-3-9-21-17(23)14-8-10-24-16(14)20-18(21)25-11(2)15(22)12-4-6-13(19)7-5-12/h3-8,10-11H,1,9H2,2H3. The molecule has 25 heavy (non-hydrogen) atoms. The van der Waals surface area contributed by atoms with Crippen LogP contribution in [0.25, 0.3) is 10.2 Å². The molecule has 1 unspecified atom stereocenters. The van der Waals surface area contributed by atoms with Crippen molar-refractivity contribution in [2.45, 2.75) is 23.9 Å². The topological polar surface area (TPSA) is 52.0 Å². The number of ketones is 1. The summed E-state index contributed by atoms with van der Waals surface area (Å²) in [6.45, 7) is 5.90. The summed E-state index contributed by atoms with van der Waals surface area (Å²) >= 11 is 6.09. The van der Waals surface area contributed by atoms with Crippen molar-refractivity contribution in [3.05, 3.63) is 68.8 Å². The van der Waals surface area contributed by atoms with Crippen LogP contribution in [0.1, 0.15) is 17.3 Å². The van der Waals surface area contributed by atoms with E-state index in [1.807, 2.05) is 24.4 Å². The van der Waals surface area contributed by atoms with Crippen LogP contribution in [0.4, 0.5) is 0 Å². The Bertz CT molecular complexity index is 992. The molecule has 7 heteroatoms. The van der Waals surface area contributed by atoms with Crippen LogP contribution in [0.2, 0.25) is 0 Å². The van der Waals surface area contributed by atoms with Gasteiger partial charge in [0.1, 0.15) is 4.83 Å². The Labute approximate surface area is 161 Å². The molecule has 2 aromatic heterocycles. The van der Waals surface area contributed by atoms with Crippen LogP contribution in [0.5, 0.6) is 0 Å². The van der Waals surface area contributed by atoms with Gasteiger partial charge in [-0.25, -0.2) is 4.98 Å². The normalized spacial score (nSPS) is 12.2. The fraction of sp³-hybridized carbons (Fsp3) is 0.167. The maximum Gasteiger partial charge on any atom is 0.263 e. The Morgan fingerprint density at radius 1 is 1.40 bits per heavy atom. The zero-order valence-electron chi connectivity index (χ0n) is 13.4. The van der Waals surface area contributed by atoms with Gasteiger partial charge in [-0.2, -0.15) is 0 Å². The lowest BCUT2D eigenvalue weighted by Gasteiger charge is -2.14. The Balaban J connectivity index is 1.94. The SMILES string of the molecule is C=CCn1c(SC(C)C(=O)c2ccc(Br)cc2)nc2sccc2c1=O. The first kappa shape index (κ1) is 18.1. The van der Waals surface area contributed by atoms with Crippen LogP contribution in [0.15, 0.2) is 62.8 Å². The molecule has 0 saturated heterocycles. The molecule has 2 heterocycles. The number of aromatic nitrogens is 2. The Hall–Kier alpha value is -1.70. The van der Waals surface area contributed by atoms with Crippen molar-refractivity contribution in [3.8, 4) is 0 Å². The van der Waals surface area contributed by atoms with Gasteiger partial charge in [0, 0.05) is 16.6 Å². The number of hydrogen-bond acceptors (Lipinski definition) is 5. The number of hydrogen-bond donors (Lipinski definition) is 0. The molecule has 0 aliphatic carbocycles. The molecular formula is C18H15BrN2O2S2. The second kappa shape index (κ2) is 7.68. The summed E-state index contributed by atoms with van der Waals surface area (Å²) in [5.41, 5.74) is 0.537. The van der Waals surface area contributed by atoms with E-state index in [-0.39, 0.29) is 16.6 Å². The maximum absolute atomic E-state index is 12.7. The minimum atomic E-state index is -0.360. The Morgan fingerprint density at radius 2 is 2.12 bits per heavy atom. The molecule has 0 saturated carbocycles. The molecule has 0 spiro atoms. The van der Waals surface area contributed by atoms with Crippen LogP contribution in [0, 0.1) is 0 Å². The average Bonchev–Trinajstić information content (AvgIpc) is 3.07. The van der Waals surface area contributed by atoms with E-state index in [9.17, 15) is 9.59 Å². The molecule has 3 rings (SSSR count). The lowest BCUT2D eigenvalue weighted by molar-refractivity contribution is 0.0994. The molecule has 0 amide bonds. The molecule has 0 aliphatic rings. The van der Waals surface area contributed by atoms with Crippen molar-refractivity contribution < 1.29 is 4.79 Å². The van der Waals surface area contributed by atoms with Crippen molar-refractivity contribution in [2.75, 3.05) is 0 Å². The van der Waals surface area contributed by atoms with Crippen molar-refractivity contribution in [2.24, 2.45) is 0 Å². The van der Waals surface area contributed by atoms with Crippen LogP contribution in [-0.4, -0.2) is 20.6 Å². The number of carbonyl (C=O) groups is 1. The summed E-state index contributed by atoms with van der Waals surface area (Å²) in [5, 5.41) is 2.63.